The van der Waals surface area contributed by atoms with Gasteiger partial charge in [-0.15, -0.1) is 11.3 Å². The van der Waals surface area contributed by atoms with Gasteiger partial charge in [0, 0.05) is 70.5 Å². The number of likely N-dealkylation sites (N-methyl/N-ethyl adjacent to an activating group) is 1. The van der Waals surface area contributed by atoms with Gasteiger partial charge in [0.25, 0.3) is 0 Å². The van der Waals surface area contributed by atoms with Crippen molar-refractivity contribution in [3.05, 3.63) is 71.0 Å². The monoisotopic (exact) mass is 486 g/mol. The maximum absolute atomic E-state index is 4.94. The minimum Gasteiger partial charge on any atom is -0.374 e. The Balaban J connectivity index is 1.56. The first-order chi connectivity index (χ1) is 17.0. The molecule has 0 bridgehead atoms. The lowest BCUT2D eigenvalue weighted by Crippen LogP contribution is -2.26. The lowest BCUT2D eigenvalue weighted by atomic mass is 9.74. The average Bonchev–Trinajstić information content (AvgIpc) is 3.46. The first kappa shape index (κ1) is 25.4. The molecule has 1 aromatic carbocycles. The molecule has 0 saturated heterocycles. The molecule has 2 radical (unpaired) electrons. The zero-order valence-corrected chi connectivity index (χ0v) is 22.9. The fourth-order valence-electron chi connectivity index (χ4n) is 5.22. The minimum absolute atomic E-state index is 0.000152. The second-order valence-electron chi connectivity index (χ2n) is 9.31. The van der Waals surface area contributed by atoms with E-state index >= 15 is 0 Å². The number of thiazole rings is 1. The van der Waals surface area contributed by atoms with E-state index in [2.05, 4.69) is 81.2 Å². The van der Waals surface area contributed by atoms with Crippen molar-refractivity contribution in [1.82, 2.24) is 15.0 Å². The number of hydrogen-bond acceptors (Lipinski definition) is 4. The number of fused-ring (bicyclic) bond motifs is 1. The summed E-state index contributed by atoms with van der Waals surface area (Å²) in [6.07, 6.45) is 12.5. The highest BCUT2D eigenvalue weighted by Crippen LogP contribution is 2.40. The van der Waals surface area contributed by atoms with Gasteiger partial charge in [0.05, 0.1) is 5.69 Å². The maximum Gasteiger partial charge on any atom is 0.123 e. The van der Waals surface area contributed by atoms with E-state index in [0.717, 1.165) is 49.2 Å². The maximum atomic E-state index is 4.94. The first-order valence-corrected chi connectivity index (χ1v) is 13.8. The number of anilines is 1. The number of aromatic nitrogens is 3. The summed E-state index contributed by atoms with van der Waals surface area (Å²) >= 11 is 1.77. The van der Waals surface area contributed by atoms with Gasteiger partial charge in [-0.2, -0.15) is 0 Å². The van der Waals surface area contributed by atoms with Gasteiger partial charge in [0.2, 0.25) is 0 Å². The summed E-state index contributed by atoms with van der Waals surface area (Å²) in [5.41, 5.74) is 7.60. The summed E-state index contributed by atoms with van der Waals surface area (Å²) in [6, 6.07) is 10.9. The fraction of sp³-hybridized carbons (Fsp3) is 0.433. The van der Waals surface area contributed by atoms with Crippen LogP contribution in [-0.2, 0) is 18.3 Å². The van der Waals surface area contributed by atoms with E-state index in [0.29, 0.717) is 0 Å². The quantitative estimate of drug-likeness (QED) is 0.235. The molecule has 0 aliphatic heterocycles. The number of benzene rings is 1. The first-order valence-electron chi connectivity index (χ1n) is 12.9. The number of nitrogens with one attached hydrogen (secondary N) is 1. The van der Waals surface area contributed by atoms with Crippen LogP contribution in [0.25, 0.3) is 21.5 Å². The number of aromatic amines is 1. The van der Waals surface area contributed by atoms with Crippen LogP contribution in [-0.4, -0.2) is 28.5 Å². The summed E-state index contributed by atoms with van der Waals surface area (Å²) in [5.74, 6) is 0. The third kappa shape index (κ3) is 5.02. The summed E-state index contributed by atoms with van der Waals surface area (Å²) < 4.78 is 0. The standard InChI is InChI=1S/C30H38N4S/c1-7-16-30(9-3,10-4)28-24(8-2)25-12-11-23(20-27(25)32-28)34(6)19-15-26-21(5)35-29(33-26)22-13-17-31-18-14-22/h11-14,17-18,20,32H,7-10,15,19H2,1-6H3. The van der Waals surface area contributed by atoms with E-state index in [4.69, 9.17) is 4.98 Å². The number of hydrogen-bond donors (Lipinski definition) is 1. The van der Waals surface area contributed by atoms with Gasteiger partial charge in [-0.05, 0) is 68.9 Å². The molecule has 0 fully saturated rings. The highest BCUT2D eigenvalue weighted by molar-refractivity contribution is 7.15. The summed E-state index contributed by atoms with van der Waals surface area (Å²) in [6.45, 7) is 12.1. The van der Waals surface area contributed by atoms with Crippen molar-refractivity contribution in [2.24, 2.45) is 0 Å². The molecule has 0 aliphatic carbocycles. The Morgan fingerprint density at radius 2 is 1.80 bits per heavy atom. The molecule has 0 spiro atoms. The highest BCUT2D eigenvalue weighted by atomic mass is 32.1. The third-order valence-electron chi connectivity index (χ3n) is 7.39. The molecule has 0 aliphatic rings. The van der Waals surface area contributed by atoms with Crippen LogP contribution < -0.4 is 4.90 Å². The van der Waals surface area contributed by atoms with Crippen LogP contribution in [0.4, 0.5) is 5.69 Å². The predicted octanol–water partition coefficient (Wildman–Crippen LogP) is 7.79. The van der Waals surface area contributed by atoms with Crippen LogP contribution >= 0.6 is 11.3 Å². The molecule has 3 heterocycles. The molecule has 5 heteroatoms. The zero-order chi connectivity index (χ0) is 25.0. The van der Waals surface area contributed by atoms with Crippen molar-refractivity contribution < 1.29 is 0 Å². The largest absolute Gasteiger partial charge is 0.374 e. The van der Waals surface area contributed by atoms with E-state index < -0.39 is 0 Å². The Labute approximate surface area is 214 Å². The number of pyridine rings is 1. The van der Waals surface area contributed by atoms with Crippen molar-refractivity contribution in [2.45, 2.75) is 72.1 Å². The average molecular weight is 487 g/mol. The molecule has 4 rings (SSSR count). The molecular weight excluding hydrogens is 448 g/mol. The Bertz CT molecular complexity index is 1250. The molecule has 0 unspecified atom stereocenters. The SMILES string of the molecule is CC[C]C(CC)(CC)c1[nH]c2cc(N(C)CCc3nc(-c4ccncc4)sc3C)ccc2c1CC. The lowest BCUT2D eigenvalue weighted by Gasteiger charge is -2.31. The molecule has 0 amide bonds. The molecule has 4 aromatic rings. The Morgan fingerprint density at radius 1 is 1.06 bits per heavy atom. The van der Waals surface area contributed by atoms with Crippen LogP contribution in [0, 0.1) is 13.3 Å². The van der Waals surface area contributed by atoms with Crippen molar-refractivity contribution in [2.75, 3.05) is 18.5 Å². The van der Waals surface area contributed by atoms with Crippen LogP contribution in [0.1, 0.15) is 68.8 Å². The Hall–Kier alpha value is -2.66. The van der Waals surface area contributed by atoms with E-state index in [1.165, 1.54) is 38.4 Å². The van der Waals surface area contributed by atoms with Gasteiger partial charge >= 0.3 is 0 Å². The Kier molecular flexibility index (Phi) is 7.95. The van der Waals surface area contributed by atoms with Gasteiger partial charge in [0.1, 0.15) is 5.01 Å². The molecular formula is C30H38N4S. The van der Waals surface area contributed by atoms with Crippen molar-refractivity contribution in [1.29, 1.82) is 0 Å². The summed E-state index contributed by atoms with van der Waals surface area (Å²) in [5, 5.41) is 2.42. The second-order valence-corrected chi connectivity index (χ2v) is 10.5. The normalized spacial score (nSPS) is 11.9. The molecule has 35 heavy (non-hydrogen) atoms. The summed E-state index contributed by atoms with van der Waals surface area (Å²) in [4.78, 5) is 16.5. The molecule has 0 saturated carbocycles. The second kappa shape index (κ2) is 10.9. The molecule has 184 valence electrons. The van der Waals surface area contributed by atoms with E-state index in [-0.39, 0.29) is 5.41 Å². The zero-order valence-electron chi connectivity index (χ0n) is 22.0. The highest BCUT2D eigenvalue weighted by Gasteiger charge is 2.32. The van der Waals surface area contributed by atoms with E-state index in [1.807, 2.05) is 24.5 Å². The van der Waals surface area contributed by atoms with Crippen molar-refractivity contribution in [3.63, 3.8) is 0 Å². The van der Waals surface area contributed by atoms with Crippen LogP contribution in [0.5, 0.6) is 0 Å². The Morgan fingerprint density at radius 3 is 2.46 bits per heavy atom. The van der Waals surface area contributed by atoms with Crippen molar-refractivity contribution in [3.8, 4) is 10.6 Å². The number of nitrogens with zero attached hydrogens (tertiary/aromatic N) is 3. The van der Waals surface area contributed by atoms with Gasteiger partial charge in [0.15, 0.2) is 0 Å². The molecule has 4 nitrogen and oxygen atoms in total. The van der Waals surface area contributed by atoms with Crippen LogP contribution in [0.15, 0.2) is 42.7 Å². The van der Waals surface area contributed by atoms with Gasteiger partial charge in [-0.3, -0.25) is 4.98 Å². The fourth-order valence-corrected chi connectivity index (χ4v) is 6.18. The van der Waals surface area contributed by atoms with Gasteiger partial charge in [-0.25, -0.2) is 4.98 Å². The third-order valence-corrected chi connectivity index (χ3v) is 8.45. The molecule has 0 atom stereocenters. The molecule has 1 N–H and O–H groups in total. The minimum atomic E-state index is -0.000152. The van der Waals surface area contributed by atoms with E-state index in [1.54, 1.807) is 11.3 Å². The molecule has 3 aromatic heterocycles. The lowest BCUT2D eigenvalue weighted by molar-refractivity contribution is 0.435. The van der Waals surface area contributed by atoms with Crippen LogP contribution in [0.3, 0.4) is 0 Å². The van der Waals surface area contributed by atoms with E-state index in [9.17, 15) is 0 Å². The number of rotatable bonds is 11. The summed E-state index contributed by atoms with van der Waals surface area (Å²) in [7, 11) is 2.18. The van der Waals surface area contributed by atoms with Crippen LogP contribution in [0.2, 0.25) is 0 Å². The van der Waals surface area contributed by atoms with Crippen molar-refractivity contribution >= 4 is 27.9 Å². The number of aryl methyl sites for hydroxylation is 2. The predicted molar refractivity (Wildman–Crippen MR) is 151 cm³/mol. The smallest absolute Gasteiger partial charge is 0.123 e. The number of H-pyrrole nitrogens is 1. The van der Waals surface area contributed by atoms with Gasteiger partial charge in [-0.1, -0.05) is 33.8 Å². The van der Waals surface area contributed by atoms with Gasteiger partial charge < -0.3 is 9.88 Å². The topological polar surface area (TPSA) is 44.8 Å².